The summed E-state index contributed by atoms with van der Waals surface area (Å²) in [4.78, 5) is 30.7. The fourth-order valence-corrected chi connectivity index (χ4v) is 3.81. The van der Waals surface area contributed by atoms with E-state index < -0.39 is 11.6 Å². The van der Waals surface area contributed by atoms with Crippen LogP contribution in [0.4, 0.5) is 20.3 Å². The first kappa shape index (κ1) is 23.5. The monoisotopic (exact) mass is 469 g/mol. The Kier molecular flexibility index (Phi) is 7.29. The number of halogens is 2. The predicted molar refractivity (Wildman–Crippen MR) is 123 cm³/mol. The summed E-state index contributed by atoms with van der Waals surface area (Å²) < 4.78 is 35.8. The standard InChI is InChI=1S/C24H25F2N5O3/c1-27-9-10-31-20(15-32)22(29-23(31)21-18(25)3-2-4-19(21)26)28-17-7-5-16(6-8-17)24(33)30-11-13-34-14-12-30/h2-8,15,27-28H,9-14H2,1H3. The number of nitrogens with one attached hydrogen (secondary N) is 2. The Balaban J connectivity index is 1.64. The zero-order valence-electron chi connectivity index (χ0n) is 18.7. The number of ether oxygens (including phenoxy) is 1. The summed E-state index contributed by atoms with van der Waals surface area (Å²) in [7, 11) is 1.74. The molecule has 0 atom stereocenters. The number of hydrogen-bond donors (Lipinski definition) is 2. The van der Waals surface area contributed by atoms with Crippen molar-refractivity contribution in [2.45, 2.75) is 6.54 Å². The lowest BCUT2D eigenvalue weighted by Crippen LogP contribution is -2.40. The third-order valence-electron chi connectivity index (χ3n) is 5.58. The van der Waals surface area contributed by atoms with Crippen molar-refractivity contribution in [1.82, 2.24) is 19.8 Å². The van der Waals surface area contributed by atoms with E-state index in [1.807, 2.05) is 0 Å². The van der Waals surface area contributed by atoms with Gasteiger partial charge in [0.1, 0.15) is 23.2 Å². The lowest BCUT2D eigenvalue weighted by atomic mass is 10.1. The number of aldehydes is 1. The van der Waals surface area contributed by atoms with E-state index in [2.05, 4.69) is 15.6 Å². The highest BCUT2D eigenvalue weighted by Crippen LogP contribution is 2.30. The van der Waals surface area contributed by atoms with Crippen LogP contribution in [-0.2, 0) is 11.3 Å². The first-order valence-electron chi connectivity index (χ1n) is 10.9. The predicted octanol–water partition coefficient (Wildman–Crippen LogP) is 3.08. The largest absolute Gasteiger partial charge is 0.378 e. The van der Waals surface area contributed by atoms with Crippen LogP contribution in [0, 0.1) is 11.6 Å². The van der Waals surface area contributed by atoms with Gasteiger partial charge in [-0.3, -0.25) is 9.59 Å². The van der Waals surface area contributed by atoms with Crippen LogP contribution in [0.2, 0.25) is 0 Å². The van der Waals surface area contributed by atoms with Crippen LogP contribution < -0.4 is 10.6 Å². The van der Waals surface area contributed by atoms with E-state index in [0.29, 0.717) is 50.4 Å². The number of carbonyl (C=O) groups is 2. The zero-order chi connectivity index (χ0) is 24.1. The highest BCUT2D eigenvalue weighted by molar-refractivity contribution is 5.95. The number of imidazole rings is 1. The van der Waals surface area contributed by atoms with Gasteiger partial charge in [-0.25, -0.2) is 13.8 Å². The fourth-order valence-electron chi connectivity index (χ4n) is 3.81. The number of nitrogens with zero attached hydrogens (tertiary/aromatic N) is 3. The molecule has 2 aromatic carbocycles. The quantitative estimate of drug-likeness (QED) is 0.493. The minimum atomic E-state index is -0.773. The lowest BCUT2D eigenvalue weighted by molar-refractivity contribution is 0.0303. The first-order valence-corrected chi connectivity index (χ1v) is 10.9. The van der Waals surface area contributed by atoms with Gasteiger partial charge in [0, 0.05) is 37.4 Å². The van der Waals surface area contributed by atoms with Crippen molar-refractivity contribution in [3.8, 4) is 11.4 Å². The molecule has 34 heavy (non-hydrogen) atoms. The Bertz CT molecular complexity index is 1150. The van der Waals surface area contributed by atoms with E-state index in [1.165, 1.54) is 10.6 Å². The summed E-state index contributed by atoms with van der Waals surface area (Å²) in [6, 6.07) is 10.3. The van der Waals surface area contributed by atoms with Gasteiger partial charge in [0.05, 0.1) is 18.8 Å². The molecule has 10 heteroatoms. The minimum Gasteiger partial charge on any atom is -0.378 e. The van der Waals surface area contributed by atoms with Crippen molar-refractivity contribution in [1.29, 1.82) is 0 Å². The number of carbonyl (C=O) groups excluding carboxylic acids is 2. The van der Waals surface area contributed by atoms with Crippen molar-refractivity contribution >= 4 is 23.7 Å². The van der Waals surface area contributed by atoms with Crippen LogP contribution in [0.25, 0.3) is 11.4 Å². The van der Waals surface area contributed by atoms with Crippen LogP contribution in [0.15, 0.2) is 42.5 Å². The van der Waals surface area contributed by atoms with Gasteiger partial charge >= 0.3 is 0 Å². The van der Waals surface area contributed by atoms with E-state index in [0.717, 1.165) is 12.1 Å². The molecule has 4 rings (SSSR count). The average Bonchev–Trinajstić information content (AvgIpc) is 3.19. The third-order valence-corrected chi connectivity index (χ3v) is 5.58. The van der Waals surface area contributed by atoms with E-state index in [1.54, 1.807) is 36.2 Å². The van der Waals surface area contributed by atoms with Gasteiger partial charge in [-0.2, -0.15) is 0 Å². The van der Waals surface area contributed by atoms with Crippen LogP contribution >= 0.6 is 0 Å². The number of rotatable bonds is 8. The van der Waals surface area contributed by atoms with Gasteiger partial charge in [0.15, 0.2) is 12.1 Å². The highest BCUT2D eigenvalue weighted by atomic mass is 19.1. The molecule has 0 radical (unpaired) electrons. The number of hydrogen-bond acceptors (Lipinski definition) is 6. The van der Waals surface area contributed by atoms with Gasteiger partial charge < -0.3 is 24.8 Å². The van der Waals surface area contributed by atoms with E-state index in [-0.39, 0.29) is 35.4 Å². The second-order valence-corrected chi connectivity index (χ2v) is 7.75. The van der Waals surface area contributed by atoms with Gasteiger partial charge in [0.2, 0.25) is 0 Å². The van der Waals surface area contributed by atoms with Crippen LogP contribution in [0.1, 0.15) is 20.8 Å². The second-order valence-electron chi connectivity index (χ2n) is 7.75. The molecule has 2 N–H and O–H groups in total. The normalized spacial score (nSPS) is 13.7. The Morgan fingerprint density at radius 3 is 2.41 bits per heavy atom. The summed E-state index contributed by atoms with van der Waals surface area (Å²) in [5.74, 6) is -1.46. The number of aromatic nitrogens is 2. The van der Waals surface area contributed by atoms with E-state index in [4.69, 9.17) is 4.74 Å². The number of benzene rings is 2. The molecule has 0 saturated carbocycles. The fraction of sp³-hybridized carbons (Fsp3) is 0.292. The van der Waals surface area contributed by atoms with Crippen molar-refractivity contribution < 1.29 is 23.1 Å². The van der Waals surface area contributed by atoms with E-state index in [9.17, 15) is 18.4 Å². The number of morpholine rings is 1. The molecule has 0 spiro atoms. The Morgan fingerprint density at radius 2 is 1.79 bits per heavy atom. The molecule has 178 valence electrons. The number of amides is 1. The van der Waals surface area contributed by atoms with Gasteiger partial charge in [-0.1, -0.05) is 6.07 Å². The maximum atomic E-state index is 14.5. The van der Waals surface area contributed by atoms with Crippen molar-refractivity contribution in [2.75, 3.05) is 45.2 Å². The van der Waals surface area contributed by atoms with Crippen LogP contribution in [0.5, 0.6) is 0 Å². The maximum Gasteiger partial charge on any atom is 0.254 e. The topological polar surface area (TPSA) is 88.5 Å². The molecule has 2 heterocycles. The molecule has 1 aliphatic rings. The van der Waals surface area contributed by atoms with Crippen molar-refractivity contribution in [3.63, 3.8) is 0 Å². The maximum absolute atomic E-state index is 14.5. The molecule has 0 unspecified atom stereocenters. The molecular formula is C24H25F2N5O3. The average molecular weight is 469 g/mol. The lowest BCUT2D eigenvalue weighted by Gasteiger charge is -2.26. The van der Waals surface area contributed by atoms with Crippen LogP contribution in [0.3, 0.4) is 0 Å². The summed E-state index contributed by atoms with van der Waals surface area (Å²) in [6.45, 7) is 2.84. The molecule has 1 aromatic heterocycles. The molecule has 8 nitrogen and oxygen atoms in total. The van der Waals surface area contributed by atoms with E-state index >= 15 is 0 Å². The summed E-state index contributed by atoms with van der Waals surface area (Å²) in [6.07, 6.45) is 0.601. The van der Waals surface area contributed by atoms with Gasteiger partial charge in [0.25, 0.3) is 5.91 Å². The molecule has 0 bridgehead atoms. The summed E-state index contributed by atoms with van der Waals surface area (Å²) in [5, 5.41) is 6.00. The Labute approximate surface area is 195 Å². The molecule has 3 aromatic rings. The molecule has 1 aliphatic heterocycles. The third kappa shape index (κ3) is 4.82. The highest BCUT2D eigenvalue weighted by Gasteiger charge is 2.23. The van der Waals surface area contributed by atoms with Crippen molar-refractivity contribution in [3.05, 3.63) is 65.4 Å². The SMILES string of the molecule is CNCCn1c(-c2c(F)cccc2F)nc(Nc2ccc(C(=O)N3CCOCC3)cc2)c1C=O. The zero-order valence-corrected chi connectivity index (χ0v) is 18.7. The molecule has 1 saturated heterocycles. The minimum absolute atomic E-state index is 0.00886. The smallest absolute Gasteiger partial charge is 0.254 e. The molecule has 1 fully saturated rings. The van der Waals surface area contributed by atoms with Crippen LogP contribution in [-0.4, -0.2) is 66.5 Å². The van der Waals surface area contributed by atoms with Gasteiger partial charge in [-0.05, 0) is 43.4 Å². The summed E-state index contributed by atoms with van der Waals surface area (Å²) >= 11 is 0. The van der Waals surface area contributed by atoms with Crippen molar-refractivity contribution in [2.24, 2.45) is 0 Å². The summed E-state index contributed by atoms with van der Waals surface area (Å²) in [5.41, 5.74) is 0.944. The first-order chi connectivity index (χ1) is 16.5. The van der Waals surface area contributed by atoms with Gasteiger partial charge in [-0.15, -0.1) is 0 Å². The number of likely N-dealkylation sites (N-methyl/N-ethyl adjacent to an activating group) is 1. The Hall–Kier alpha value is -3.63. The number of anilines is 2. The molecular weight excluding hydrogens is 444 g/mol. The second kappa shape index (κ2) is 10.5. The molecule has 1 amide bonds. The molecule has 0 aliphatic carbocycles. The Morgan fingerprint density at radius 1 is 1.12 bits per heavy atom.